The first-order valence-corrected chi connectivity index (χ1v) is 5.38. The van der Waals surface area contributed by atoms with Crippen LogP contribution >= 0.6 is 12.6 Å². The highest BCUT2D eigenvalue weighted by Gasteiger charge is 2.23. The summed E-state index contributed by atoms with van der Waals surface area (Å²) in [6.45, 7) is 0.730. The molecule has 0 N–H and O–H groups in total. The van der Waals surface area contributed by atoms with Crippen LogP contribution in [0, 0.1) is 0 Å². The Morgan fingerprint density at radius 1 is 1.38 bits per heavy atom. The van der Waals surface area contributed by atoms with Crippen LogP contribution < -0.4 is 0 Å². The lowest BCUT2D eigenvalue weighted by Crippen LogP contribution is -2.32. The van der Waals surface area contributed by atoms with Crippen molar-refractivity contribution >= 4 is 12.6 Å². The summed E-state index contributed by atoms with van der Waals surface area (Å²) < 4.78 is 0. The van der Waals surface area contributed by atoms with Crippen molar-refractivity contribution in [2.75, 3.05) is 6.54 Å². The van der Waals surface area contributed by atoms with Crippen LogP contribution in [0.1, 0.15) is 25.7 Å². The molecule has 4 heteroatoms. The molecule has 0 bridgehead atoms. The van der Waals surface area contributed by atoms with Crippen molar-refractivity contribution < 1.29 is 0 Å². The molecule has 1 heterocycles. The lowest BCUT2D eigenvalue weighted by atomic mass is 9.94. The van der Waals surface area contributed by atoms with Gasteiger partial charge in [-0.3, -0.25) is 5.01 Å². The average Bonchev–Trinajstić information content (AvgIpc) is 2.19. The molecule has 1 saturated carbocycles. The number of nitrogens with zero attached hydrogens (tertiary/aromatic N) is 3. The Morgan fingerprint density at radius 3 is 3.00 bits per heavy atom. The van der Waals surface area contributed by atoms with Crippen molar-refractivity contribution in [1.82, 2.24) is 5.01 Å². The van der Waals surface area contributed by atoms with Crippen LogP contribution in [0.15, 0.2) is 22.6 Å². The van der Waals surface area contributed by atoms with Gasteiger partial charge in [0.05, 0.1) is 12.6 Å². The van der Waals surface area contributed by atoms with Crippen LogP contribution in [0.4, 0.5) is 0 Å². The van der Waals surface area contributed by atoms with E-state index in [0.29, 0.717) is 11.3 Å². The molecule has 72 valence electrons. The van der Waals surface area contributed by atoms with Gasteiger partial charge in [0.2, 0.25) is 0 Å². The summed E-state index contributed by atoms with van der Waals surface area (Å²) in [5.41, 5.74) is 0. The molecule has 2 rings (SSSR count). The predicted octanol–water partition coefficient (Wildman–Crippen LogP) is 2.42. The molecule has 1 fully saturated rings. The van der Waals surface area contributed by atoms with Gasteiger partial charge in [-0.05, 0) is 25.3 Å². The number of hydrogen-bond acceptors (Lipinski definition) is 4. The summed E-state index contributed by atoms with van der Waals surface area (Å²) >= 11 is 4.52. The molecule has 1 aliphatic carbocycles. The molecular formula is C9H15N3S. The Bertz CT molecular complexity index is 215. The van der Waals surface area contributed by atoms with Crippen molar-refractivity contribution in [1.29, 1.82) is 0 Å². The molecule has 0 aromatic heterocycles. The number of hydrogen-bond donors (Lipinski definition) is 1. The van der Waals surface area contributed by atoms with Crippen molar-refractivity contribution in [3.8, 4) is 0 Å². The van der Waals surface area contributed by atoms with E-state index >= 15 is 0 Å². The van der Waals surface area contributed by atoms with Crippen LogP contribution in [0.2, 0.25) is 0 Å². The highest BCUT2D eigenvalue weighted by atomic mass is 32.1. The van der Waals surface area contributed by atoms with Gasteiger partial charge in [0.1, 0.15) is 0 Å². The largest absolute Gasteiger partial charge is 0.252 e. The lowest BCUT2D eigenvalue weighted by Gasteiger charge is -2.32. The minimum atomic E-state index is 0.525. The average molecular weight is 197 g/mol. The van der Waals surface area contributed by atoms with Gasteiger partial charge in [0.15, 0.2) is 0 Å². The minimum absolute atomic E-state index is 0.525. The first-order valence-electron chi connectivity index (χ1n) is 4.87. The second-order valence-corrected chi connectivity index (χ2v) is 4.38. The Morgan fingerprint density at radius 2 is 2.31 bits per heavy atom. The molecule has 0 amide bonds. The second kappa shape index (κ2) is 4.13. The van der Waals surface area contributed by atoms with Crippen LogP contribution in [-0.4, -0.2) is 22.8 Å². The van der Waals surface area contributed by atoms with E-state index < -0.39 is 0 Å². The van der Waals surface area contributed by atoms with Gasteiger partial charge in [-0.25, -0.2) is 0 Å². The van der Waals surface area contributed by atoms with Gasteiger partial charge in [-0.15, -0.1) is 0 Å². The van der Waals surface area contributed by atoms with Crippen molar-refractivity contribution in [3.63, 3.8) is 0 Å². The molecule has 2 aliphatic rings. The highest BCUT2D eigenvalue weighted by molar-refractivity contribution is 7.80. The summed E-state index contributed by atoms with van der Waals surface area (Å²) in [6.07, 6.45) is 8.96. The fourth-order valence-corrected chi connectivity index (χ4v) is 2.34. The molecule has 1 aliphatic heterocycles. The standard InChI is InChI=1S/C9H15N3S/c13-9-4-1-3-8(7-9)12-6-2-5-10-11-12/h2,6,8-9,13H,1,3-5,7H2/t8-,9+/m0/s1. The lowest BCUT2D eigenvalue weighted by molar-refractivity contribution is 0.211. The second-order valence-electron chi connectivity index (χ2n) is 3.65. The fourth-order valence-electron chi connectivity index (χ4n) is 1.92. The van der Waals surface area contributed by atoms with E-state index in [1.807, 2.05) is 11.2 Å². The maximum Gasteiger partial charge on any atom is 0.0819 e. The van der Waals surface area contributed by atoms with Gasteiger partial charge in [0, 0.05) is 11.4 Å². The highest BCUT2D eigenvalue weighted by Crippen LogP contribution is 2.27. The zero-order chi connectivity index (χ0) is 9.10. The quantitative estimate of drug-likeness (QED) is 0.642. The third kappa shape index (κ3) is 2.24. The first kappa shape index (κ1) is 9.06. The van der Waals surface area contributed by atoms with Crippen molar-refractivity contribution in [3.05, 3.63) is 12.3 Å². The van der Waals surface area contributed by atoms with E-state index in [-0.39, 0.29) is 0 Å². The molecule has 3 nitrogen and oxygen atoms in total. The van der Waals surface area contributed by atoms with Crippen LogP contribution in [0.25, 0.3) is 0 Å². The van der Waals surface area contributed by atoms with E-state index in [0.717, 1.165) is 13.0 Å². The van der Waals surface area contributed by atoms with E-state index in [2.05, 4.69) is 29.0 Å². The summed E-state index contributed by atoms with van der Waals surface area (Å²) in [5.74, 6) is 0. The van der Waals surface area contributed by atoms with Gasteiger partial charge in [-0.1, -0.05) is 11.6 Å². The van der Waals surface area contributed by atoms with Gasteiger partial charge >= 0.3 is 0 Å². The smallest absolute Gasteiger partial charge is 0.0819 e. The molecule has 0 saturated heterocycles. The Labute approximate surface area is 84.3 Å². The monoisotopic (exact) mass is 197 g/mol. The molecular weight excluding hydrogens is 182 g/mol. The Kier molecular flexibility index (Phi) is 2.88. The minimum Gasteiger partial charge on any atom is -0.252 e. The van der Waals surface area contributed by atoms with Crippen LogP contribution in [-0.2, 0) is 0 Å². The van der Waals surface area contributed by atoms with Gasteiger partial charge in [-0.2, -0.15) is 17.7 Å². The topological polar surface area (TPSA) is 28.0 Å². The Hall–Kier alpha value is -0.510. The normalized spacial score (nSPS) is 33.8. The molecule has 0 aromatic rings. The van der Waals surface area contributed by atoms with Crippen molar-refractivity contribution in [2.45, 2.75) is 37.0 Å². The van der Waals surface area contributed by atoms with Crippen LogP contribution in [0.5, 0.6) is 0 Å². The van der Waals surface area contributed by atoms with E-state index in [9.17, 15) is 0 Å². The number of thiol groups is 1. The van der Waals surface area contributed by atoms with Crippen LogP contribution in [0.3, 0.4) is 0 Å². The molecule has 13 heavy (non-hydrogen) atoms. The predicted molar refractivity (Wildman–Crippen MR) is 55.7 cm³/mol. The third-order valence-electron chi connectivity index (χ3n) is 2.60. The van der Waals surface area contributed by atoms with E-state index in [1.165, 1.54) is 19.3 Å². The zero-order valence-corrected chi connectivity index (χ0v) is 8.53. The van der Waals surface area contributed by atoms with Gasteiger partial charge in [0.25, 0.3) is 0 Å². The molecule has 2 atom stereocenters. The maximum absolute atomic E-state index is 4.52. The van der Waals surface area contributed by atoms with E-state index in [4.69, 9.17) is 0 Å². The number of rotatable bonds is 1. The fraction of sp³-hybridized carbons (Fsp3) is 0.778. The zero-order valence-electron chi connectivity index (χ0n) is 7.63. The molecule has 0 unspecified atom stereocenters. The summed E-state index contributed by atoms with van der Waals surface area (Å²) in [4.78, 5) is 0. The molecule has 0 spiro atoms. The van der Waals surface area contributed by atoms with Crippen molar-refractivity contribution in [2.24, 2.45) is 10.3 Å². The summed E-state index contributed by atoms with van der Waals surface area (Å²) in [5, 5.41) is 10.7. The maximum atomic E-state index is 4.52. The third-order valence-corrected chi connectivity index (χ3v) is 3.07. The van der Waals surface area contributed by atoms with E-state index in [1.54, 1.807) is 0 Å². The Balaban J connectivity index is 1.95. The summed E-state index contributed by atoms with van der Waals surface area (Å²) in [6, 6.07) is 0.525. The van der Waals surface area contributed by atoms with Gasteiger partial charge < -0.3 is 0 Å². The first-order chi connectivity index (χ1) is 6.36. The molecule has 0 radical (unpaired) electrons. The molecule has 0 aromatic carbocycles. The summed E-state index contributed by atoms with van der Waals surface area (Å²) in [7, 11) is 0. The SMILES string of the molecule is S[C@@H]1CCC[C@H](N2C=CCN=N2)C1.